The smallest absolute Gasteiger partial charge is 0.220 e. The molecule has 6 nitrogen and oxygen atoms in total. The van der Waals surface area contributed by atoms with E-state index in [0.717, 1.165) is 55.8 Å². The molecule has 8 aromatic carbocycles. The van der Waals surface area contributed by atoms with E-state index in [0.29, 0.717) is 35.5 Å². The maximum Gasteiger partial charge on any atom is 0.220 e. The van der Waals surface area contributed by atoms with Crippen LogP contribution >= 0.6 is 0 Å². The van der Waals surface area contributed by atoms with Crippen molar-refractivity contribution >= 4 is 77.0 Å². The van der Waals surface area contributed by atoms with Crippen molar-refractivity contribution in [3.05, 3.63) is 190 Å². The summed E-state index contributed by atoms with van der Waals surface area (Å²) in [5.74, 6) is 3.17. The Morgan fingerprint density at radius 2 is 0.939 bits per heavy atom. The van der Waals surface area contributed by atoms with Crippen LogP contribution in [0.25, 0.3) is 111 Å². The molecule has 0 bridgehead atoms. The molecule has 0 unspecified atom stereocenters. The molecule has 13 aromatic rings. The van der Waals surface area contributed by atoms with Crippen LogP contribution in [-0.4, -0.2) is 27.9 Å². The number of pyridine rings is 1. The number of para-hydroxylation sites is 2. The molecule has 5 aromatic heterocycles. The number of nitrogens with zero attached hydrogens (tertiary/aromatic N) is 6. The molecule has 0 aliphatic carbocycles. The largest absolute Gasteiger partial charge is 0.309 e. The van der Waals surface area contributed by atoms with Gasteiger partial charge in [0.2, 0.25) is 5.78 Å². The topological polar surface area (TPSA) is 44.5 Å². The van der Waals surface area contributed by atoms with Crippen LogP contribution < -0.4 is 0 Å². The predicted octanol–water partition coefficient (Wildman–Crippen LogP) is 21.1. The molecule has 6 heteroatoms. The molecule has 0 saturated carbocycles. The average Bonchev–Trinajstić information content (AvgIpc) is 1.59. The molecule has 82 heavy (non-hydrogen) atoms. The molecule has 412 valence electrons. The van der Waals surface area contributed by atoms with Gasteiger partial charge in [0.05, 0.1) is 44.3 Å². The fraction of sp³-hybridized carbons (Fsp3) is 0.316. The minimum absolute atomic E-state index is 0.0852. The van der Waals surface area contributed by atoms with E-state index in [9.17, 15) is 0 Å². The van der Waals surface area contributed by atoms with Crippen molar-refractivity contribution < 1.29 is 0 Å². The normalized spacial score (nSPS) is 14.5. The molecule has 0 fully saturated rings. The van der Waals surface area contributed by atoms with Gasteiger partial charge in [0.15, 0.2) is 0 Å². The number of imidazole rings is 3. The Balaban J connectivity index is 1.04. The quantitative estimate of drug-likeness (QED) is 0.128. The van der Waals surface area contributed by atoms with Gasteiger partial charge in [-0.1, -0.05) is 196 Å². The van der Waals surface area contributed by atoms with Gasteiger partial charge in [-0.2, -0.15) is 0 Å². The lowest BCUT2D eigenvalue weighted by Gasteiger charge is -2.45. The first kappa shape index (κ1) is 52.1. The van der Waals surface area contributed by atoms with Crippen molar-refractivity contribution in [2.24, 2.45) is 0 Å². The van der Waals surface area contributed by atoms with E-state index < -0.39 is 0 Å². The third-order valence-electron chi connectivity index (χ3n) is 19.7. The van der Waals surface area contributed by atoms with Crippen molar-refractivity contribution in [1.82, 2.24) is 27.9 Å². The van der Waals surface area contributed by atoms with Gasteiger partial charge in [-0.25, -0.2) is 9.97 Å². The summed E-state index contributed by atoms with van der Waals surface area (Å²) in [5, 5.41) is 6.07. The molecular weight excluding hydrogens is 997 g/mol. The van der Waals surface area contributed by atoms with Crippen LogP contribution in [0.3, 0.4) is 0 Å². The van der Waals surface area contributed by atoms with Crippen molar-refractivity contribution in [2.75, 3.05) is 0 Å². The maximum absolute atomic E-state index is 5.67. The summed E-state index contributed by atoms with van der Waals surface area (Å²) < 4.78 is 9.84. The summed E-state index contributed by atoms with van der Waals surface area (Å²) in [7, 11) is 0. The lowest BCUT2D eigenvalue weighted by Crippen LogP contribution is -2.44. The van der Waals surface area contributed by atoms with E-state index in [2.05, 4.69) is 274 Å². The highest BCUT2D eigenvalue weighted by atomic mass is 15.2. The van der Waals surface area contributed by atoms with Gasteiger partial charge in [-0.05, 0) is 157 Å². The standard InChI is InChI=1S/C76H78N6/c1-41(2)49-32-57(43(5)6)70(58(33-49)44(7)8)47-24-30-63-67(36-47)81-68-37-48(71-59(45(9)10)34-50(42(3)4)35-60(71)46(11)12)25-31-65(68)80(74(81)78-63)52-27-29-55-54-20-17-18-23-64(54)79(66(55)39-52)51-26-28-53-56-21-19-22-62-72(56)82-69(76(15,16)75(62,13)14)40-77-73(82)61(53)38-51/h17-46H,1-16H3. The summed E-state index contributed by atoms with van der Waals surface area (Å²) in [6.45, 7) is 37.7. The molecule has 0 radical (unpaired) electrons. The first-order valence-electron chi connectivity index (χ1n) is 30.4. The molecule has 1 aliphatic rings. The van der Waals surface area contributed by atoms with E-state index in [1.54, 1.807) is 0 Å². The third kappa shape index (κ3) is 7.31. The summed E-state index contributed by atoms with van der Waals surface area (Å²) in [5.41, 5.74) is 27.2. The summed E-state index contributed by atoms with van der Waals surface area (Å²) >= 11 is 0. The minimum Gasteiger partial charge on any atom is -0.309 e. The number of benzene rings is 8. The Bertz CT molecular complexity index is 4760. The van der Waals surface area contributed by atoms with Crippen LogP contribution in [-0.2, 0) is 10.8 Å². The molecule has 6 heterocycles. The van der Waals surface area contributed by atoms with E-state index in [4.69, 9.17) is 9.97 Å². The molecule has 0 N–H and O–H groups in total. The van der Waals surface area contributed by atoms with Crippen LogP contribution in [0.5, 0.6) is 0 Å². The van der Waals surface area contributed by atoms with Crippen molar-refractivity contribution in [3.63, 3.8) is 0 Å². The van der Waals surface area contributed by atoms with Gasteiger partial charge >= 0.3 is 0 Å². The zero-order chi connectivity index (χ0) is 57.3. The van der Waals surface area contributed by atoms with Crippen LogP contribution in [0.15, 0.2) is 146 Å². The van der Waals surface area contributed by atoms with Gasteiger partial charge in [0.1, 0.15) is 5.65 Å². The second-order valence-corrected chi connectivity index (χ2v) is 27.1. The number of aromatic nitrogens is 6. The summed E-state index contributed by atoms with van der Waals surface area (Å²) in [4.78, 5) is 11.0. The highest BCUT2D eigenvalue weighted by Gasteiger charge is 2.46. The molecule has 0 saturated heterocycles. The van der Waals surface area contributed by atoms with Crippen molar-refractivity contribution in [3.8, 4) is 33.6 Å². The van der Waals surface area contributed by atoms with Gasteiger partial charge in [0, 0.05) is 50.0 Å². The molecule has 0 atom stereocenters. The SMILES string of the molecule is CC(C)c1cc(C(C)C)c(-c2ccc3nc4n(-c5ccc6c7ccccc7n(-c7ccc8c(c7)c7ncc9n7c7c(cccc87)C(C)(C)C9(C)C)c6c5)c5ccc(-c6c(C(C)C)cc(C(C)C)cc6C(C)C)cc5n4c3c2)c(C(C)C)c1. The average molecular weight is 1080 g/mol. The molecule has 0 spiro atoms. The van der Waals surface area contributed by atoms with Gasteiger partial charge in [-0.15, -0.1) is 0 Å². The Hall–Kier alpha value is -7.96. The lowest BCUT2D eigenvalue weighted by molar-refractivity contribution is 0.288. The summed E-state index contributed by atoms with van der Waals surface area (Å²) in [6.07, 6.45) is 2.14. The third-order valence-corrected chi connectivity index (χ3v) is 19.7. The van der Waals surface area contributed by atoms with E-state index >= 15 is 0 Å². The van der Waals surface area contributed by atoms with Crippen molar-refractivity contribution in [1.29, 1.82) is 0 Å². The Labute approximate surface area is 483 Å². The Morgan fingerprint density at radius 1 is 0.390 bits per heavy atom. The molecule has 14 rings (SSSR count). The van der Waals surface area contributed by atoms with Crippen molar-refractivity contribution in [2.45, 2.75) is 157 Å². The van der Waals surface area contributed by atoms with E-state index in [1.165, 1.54) is 99.5 Å². The van der Waals surface area contributed by atoms with Gasteiger partial charge < -0.3 is 4.57 Å². The molecule has 1 aliphatic heterocycles. The molecular formula is C76H78N6. The Morgan fingerprint density at radius 3 is 1.55 bits per heavy atom. The maximum atomic E-state index is 5.67. The van der Waals surface area contributed by atoms with Crippen LogP contribution in [0.2, 0.25) is 0 Å². The van der Waals surface area contributed by atoms with Crippen LogP contribution in [0, 0.1) is 0 Å². The zero-order valence-corrected chi connectivity index (χ0v) is 51.0. The minimum atomic E-state index is -0.137. The second kappa shape index (κ2) is 18.3. The fourth-order valence-electron chi connectivity index (χ4n) is 14.4. The number of hydrogen-bond acceptors (Lipinski definition) is 2. The number of rotatable bonds is 10. The Kier molecular flexibility index (Phi) is 11.6. The number of fused-ring (bicyclic) bond motifs is 11. The van der Waals surface area contributed by atoms with Crippen LogP contribution in [0.1, 0.15) is 191 Å². The predicted molar refractivity (Wildman–Crippen MR) is 349 cm³/mol. The summed E-state index contributed by atoms with van der Waals surface area (Å²) in [6, 6.07) is 54.1. The highest BCUT2D eigenvalue weighted by molar-refractivity contribution is 6.15. The van der Waals surface area contributed by atoms with E-state index in [-0.39, 0.29) is 10.8 Å². The second-order valence-electron chi connectivity index (χ2n) is 27.1. The first-order chi connectivity index (χ1) is 39.2. The monoisotopic (exact) mass is 1070 g/mol. The highest BCUT2D eigenvalue weighted by Crippen LogP contribution is 2.52. The van der Waals surface area contributed by atoms with Crippen LogP contribution in [0.4, 0.5) is 0 Å². The van der Waals surface area contributed by atoms with Gasteiger partial charge in [0.25, 0.3) is 0 Å². The number of hydrogen-bond donors (Lipinski definition) is 0. The fourth-order valence-corrected chi connectivity index (χ4v) is 14.4. The van der Waals surface area contributed by atoms with E-state index in [1.807, 2.05) is 0 Å². The van der Waals surface area contributed by atoms with Gasteiger partial charge in [-0.3, -0.25) is 13.4 Å². The first-order valence-corrected chi connectivity index (χ1v) is 30.4. The molecule has 0 amide bonds. The lowest BCUT2D eigenvalue weighted by atomic mass is 9.61. The zero-order valence-electron chi connectivity index (χ0n) is 51.0.